The minimum absolute atomic E-state index is 0.391. The van der Waals surface area contributed by atoms with Gasteiger partial charge in [-0.05, 0) is 30.9 Å². The lowest BCUT2D eigenvalue weighted by molar-refractivity contribution is 0.308. The maximum Gasteiger partial charge on any atom is 0.105 e. The highest BCUT2D eigenvalue weighted by Gasteiger charge is 2.21. The molecule has 0 spiro atoms. The lowest BCUT2D eigenvalue weighted by atomic mass is 10.0. The lowest BCUT2D eigenvalue weighted by Crippen LogP contribution is -2.43. The van der Waals surface area contributed by atoms with Crippen LogP contribution in [-0.2, 0) is 6.42 Å². The van der Waals surface area contributed by atoms with Crippen molar-refractivity contribution >= 4 is 11.5 Å². The minimum Gasteiger partial charge on any atom is -0.360 e. The van der Waals surface area contributed by atoms with Crippen LogP contribution in [0.4, 0.5) is 5.69 Å². The van der Waals surface area contributed by atoms with E-state index in [2.05, 4.69) is 29.2 Å². The Morgan fingerprint density at radius 2 is 1.88 bits per heavy atom. The van der Waals surface area contributed by atoms with Gasteiger partial charge in [0.15, 0.2) is 0 Å². The van der Waals surface area contributed by atoms with Crippen molar-refractivity contribution in [2.75, 3.05) is 13.1 Å². The molecule has 0 aliphatic carbocycles. The summed E-state index contributed by atoms with van der Waals surface area (Å²) in [5.41, 5.74) is 8.47. The van der Waals surface area contributed by atoms with Crippen molar-refractivity contribution in [2.24, 2.45) is 10.7 Å². The average molecular weight is 229 g/mol. The minimum atomic E-state index is 0.391. The molecule has 17 heavy (non-hydrogen) atoms. The van der Waals surface area contributed by atoms with Gasteiger partial charge < -0.3 is 10.6 Å². The monoisotopic (exact) mass is 229 g/mol. The van der Waals surface area contributed by atoms with Crippen molar-refractivity contribution < 1.29 is 0 Å². The van der Waals surface area contributed by atoms with Crippen LogP contribution in [0.3, 0.4) is 0 Å². The summed E-state index contributed by atoms with van der Waals surface area (Å²) in [7, 11) is 0. The van der Waals surface area contributed by atoms with Crippen LogP contribution in [0.25, 0.3) is 0 Å². The number of likely N-dealkylation sites (tertiary alicyclic amines) is 1. The van der Waals surface area contributed by atoms with E-state index in [9.17, 15) is 0 Å². The van der Waals surface area contributed by atoms with E-state index in [0.29, 0.717) is 6.04 Å². The lowest BCUT2D eigenvalue weighted by Gasteiger charge is -2.34. The number of fused-ring (bicyclic) bond motifs is 1. The third-order valence-corrected chi connectivity index (χ3v) is 3.76. The summed E-state index contributed by atoms with van der Waals surface area (Å²) in [5.74, 6) is 1.26. The smallest absolute Gasteiger partial charge is 0.105 e. The van der Waals surface area contributed by atoms with Gasteiger partial charge in [0.1, 0.15) is 5.84 Å². The summed E-state index contributed by atoms with van der Waals surface area (Å²) in [6.07, 6.45) is 4.39. The second-order valence-electron chi connectivity index (χ2n) is 4.98. The molecular weight excluding hydrogens is 210 g/mol. The molecule has 2 aliphatic rings. The van der Waals surface area contributed by atoms with E-state index in [-0.39, 0.29) is 0 Å². The zero-order valence-electron chi connectivity index (χ0n) is 10.1. The van der Waals surface area contributed by atoms with Gasteiger partial charge in [0.2, 0.25) is 0 Å². The van der Waals surface area contributed by atoms with Gasteiger partial charge in [0.05, 0.1) is 5.69 Å². The van der Waals surface area contributed by atoms with Crippen LogP contribution in [0.2, 0.25) is 0 Å². The van der Waals surface area contributed by atoms with E-state index in [1.807, 2.05) is 0 Å². The van der Waals surface area contributed by atoms with E-state index in [1.54, 1.807) is 0 Å². The van der Waals surface area contributed by atoms with E-state index in [4.69, 9.17) is 10.7 Å². The molecule has 0 bridgehead atoms. The van der Waals surface area contributed by atoms with Crippen LogP contribution in [0, 0.1) is 0 Å². The number of aryl methyl sites for hydroxylation is 1. The largest absolute Gasteiger partial charge is 0.360 e. The molecule has 2 heterocycles. The molecule has 0 unspecified atom stereocenters. The topological polar surface area (TPSA) is 41.6 Å². The van der Waals surface area contributed by atoms with Gasteiger partial charge >= 0.3 is 0 Å². The molecule has 2 N–H and O–H groups in total. The Hall–Kier alpha value is -1.35. The fraction of sp³-hybridized carbons (Fsp3) is 0.500. The number of rotatable bonds is 0. The van der Waals surface area contributed by atoms with E-state index in [1.165, 1.54) is 11.4 Å². The highest BCUT2D eigenvalue weighted by atomic mass is 15.2. The van der Waals surface area contributed by atoms with E-state index < -0.39 is 0 Å². The number of amidine groups is 1. The second kappa shape index (κ2) is 4.49. The van der Waals surface area contributed by atoms with Crippen molar-refractivity contribution in [3.63, 3.8) is 0 Å². The first-order valence-electron chi connectivity index (χ1n) is 6.49. The molecule has 0 aromatic heterocycles. The predicted octanol–water partition coefficient (Wildman–Crippen LogP) is 2.09. The Kier molecular flexibility index (Phi) is 2.85. The molecule has 90 valence electrons. The first-order valence-corrected chi connectivity index (χ1v) is 6.49. The molecule has 1 fully saturated rings. The van der Waals surface area contributed by atoms with Crippen molar-refractivity contribution in [3.8, 4) is 0 Å². The Morgan fingerprint density at radius 1 is 1.12 bits per heavy atom. The normalized spacial score (nSPS) is 21.0. The Labute approximate surface area is 102 Å². The summed E-state index contributed by atoms with van der Waals surface area (Å²) < 4.78 is 0. The molecular formula is C14H19N3. The second-order valence-corrected chi connectivity index (χ2v) is 4.98. The van der Waals surface area contributed by atoms with Gasteiger partial charge in [-0.3, -0.25) is 0 Å². The maximum absolute atomic E-state index is 5.94. The maximum atomic E-state index is 5.94. The number of benzene rings is 1. The number of nitrogens with two attached hydrogens (primary N) is 1. The van der Waals surface area contributed by atoms with Crippen molar-refractivity contribution in [3.05, 3.63) is 29.8 Å². The number of hydrogen-bond donors (Lipinski definition) is 1. The van der Waals surface area contributed by atoms with Crippen molar-refractivity contribution in [1.29, 1.82) is 0 Å². The van der Waals surface area contributed by atoms with E-state index in [0.717, 1.165) is 44.5 Å². The predicted molar refractivity (Wildman–Crippen MR) is 70.6 cm³/mol. The Balaban J connectivity index is 1.79. The standard InChI is InChI=1S/C14H19N3/c15-12-7-9-17(10-8-12)14-6-5-11-3-1-2-4-13(11)16-14/h1-4,12H,5-10,15H2. The van der Waals surface area contributed by atoms with Crippen LogP contribution in [0.5, 0.6) is 0 Å². The average Bonchev–Trinajstić information content (AvgIpc) is 2.39. The summed E-state index contributed by atoms with van der Waals surface area (Å²) in [6, 6.07) is 8.85. The molecule has 3 rings (SSSR count). The van der Waals surface area contributed by atoms with Crippen LogP contribution in [0.1, 0.15) is 24.8 Å². The van der Waals surface area contributed by atoms with Gasteiger partial charge in [-0.1, -0.05) is 18.2 Å². The summed E-state index contributed by atoms with van der Waals surface area (Å²) in [6.45, 7) is 2.14. The fourth-order valence-electron chi connectivity index (χ4n) is 2.66. The van der Waals surface area contributed by atoms with Crippen LogP contribution in [-0.4, -0.2) is 29.9 Å². The van der Waals surface area contributed by atoms with Gasteiger partial charge in [0.25, 0.3) is 0 Å². The Bertz CT molecular complexity index is 431. The molecule has 2 aliphatic heterocycles. The highest BCUT2D eigenvalue weighted by Crippen LogP contribution is 2.27. The van der Waals surface area contributed by atoms with Gasteiger partial charge in [0, 0.05) is 25.6 Å². The van der Waals surface area contributed by atoms with Gasteiger partial charge in [-0.2, -0.15) is 0 Å². The van der Waals surface area contributed by atoms with Crippen LogP contribution >= 0.6 is 0 Å². The van der Waals surface area contributed by atoms with E-state index >= 15 is 0 Å². The zero-order valence-corrected chi connectivity index (χ0v) is 10.1. The molecule has 1 saturated heterocycles. The van der Waals surface area contributed by atoms with Crippen molar-refractivity contribution in [1.82, 2.24) is 4.90 Å². The third-order valence-electron chi connectivity index (χ3n) is 3.76. The zero-order chi connectivity index (χ0) is 11.7. The Morgan fingerprint density at radius 3 is 2.71 bits per heavy atom. The quantitative estimate of drug-likeness (QED) is 0.740. The molecule has 3 nitrogen and oxygen atoms in total. The summed E-state index contributed by atoms with van der Waals surface area (Å²) in [4.78, 5) is 7.21. The molecule has 0 atom stereocenters. The van der Waals surface area contributed by atoms with Crippen molar-refractivity contribution in [2.45, 2.75) is 31.7 Å². The fourth-order valence-corrected chi connectivity index (χ4v) is 2.66. The number of aliphatic imine (C=N–C) groups is 1. The van der Waals surface area contributed by atoms with Gasteiger partial charge in [-0.15, -0.1) is 0 Å². The first kappa shape index (κ1) is 10.8. The number of nitrogens with zero attached hydrogens (tertiary/aromatic N) is 2. The molecule has 0 amide bonds. The molecule has 1 aromatic carbocycles. The number of para-hydroxylation sites is 1. The van der Waals surface area contributed by atoms with Crippen LogP contribution < -0.4 is 5.73 Å². The third kappa shape index (κ3) is 2.20. The molecule has 0 saturated carbocycles. The van der Waals surface area contributed by atoms with Crippen LogP contribution in [0.15, 0.2) is 29.3 Å². The summed E-state index contributed by atoms with van der Waals surface area (Å²) in [5, 5.41) is 0. The SMILES string of the molecule is NC1CCN(C2=Nc3ccccc3CC2)CC1. The first-order chi connectivity index (χ1) is 8.33. The molecule has 0 radical (unpaired) electrons. The molecule has 3 heteroatoms. The number of piperidine rings is 1. The molecule has 1 aromatic rings. The highest BCUT2D eigenvalue weighted by molar-refractivity contribution is 5.87. The summed E-state index contributed by atoms with van der Waals surface area (Å²) >= 11 is 0. The van der Waals surface area contributed by atoms with Gasteiger partial charge in [-0.25, -0.2) is 4.99 Å². The number of hydrogen-bond acceptors (Lipinski definition) is 3.